The number of benzene rings is 2. The number of nitrogens with two attached hydrogens (primary N) is 1. The minimum atomic E-state index is -0.721. The summed E-state index contributed by atoms with van der Waals surface area (Å²) in [6, 6.07) is 10.8. The molecule has 0 bridgehead atoms. The minimum Gasteiger partial charge on any atom is -0.398 e. The number of carbonyl (C=O) groups is 2. The summed E-state index contributed by atoms with van der Waals surface area (Å²) >= 11 is 0. The van der Waals surface area contributed by atoms with Gasteiger partial charge in [-0.05, 0) is 23.8 Å². The molecule has 21 heavy (non-hydrogen) atoms. The molecule has 0 aliphatic heterocycles. The van der Waals surface area contributed by atoms with E-state index in [2.05, 4.69) is 5.32 Å². The van der Waals surface area contributed by atoms with Crippen molar-refractivity contribution in [3.05, 3.63) is 65.0 Å². The third-order valence-electron chi connectivity index (χ3n) is 3.17. The van der Waals surface area contributed by atoms with Gasteiger partial charge in [0.2, 0.25) is 0 Å². The van der Waals surface area contributed by atoms with Crippen molar-refractivity contribution in [2.75, 3.05) is 12.8 Å². The van der Waals surface area contributed by atoms with E-state index in [4.69, 9.17) is 5.73 Å². The third kappa shape index (κ3) is 3.25. The van der Waals surface area contributed by atoms with Crippen LogP contribution in [0.15, 0.2) is 42.5 Å². The normalized spacial score (nSPS) is 10.2. The Bertz CT molecular complexity index is 698. The molecule has 0 radical (unpaired) electrons. The van der Waals surface area contributed by atoms with Gasteiger partial charge in [-0.25, -0.2) is 4.39 Å². The summed E-state index contributed by atoms with van der Waals surface area (Å²) in [4.78, 5) is 23.5. The molecule has 0 aliphatic rings. The smallest absolute Gasteiger partial charge is 0.253 e. The molecule has 4 nitrogen and oxygen atoms in total. The Hall–Kier alpha value is -2.69. The second kappa shape index (κ2) is 6.17. The van der Waals surface area contributed by atoms with Crippen LogP contribution in [0.4, 0.5) is 10.1 Å². The third-order valence-corrected chi connectivity index (χ3v) is 3.17. The van der Waals surface area contributed by atoms with Crippen LogP contribution in [0.1, 0.15) is 26.3 Å². The second-order valence-electron chi connectivity index (χ2n) is 4.57. The number of Topliss-reactive ketones (excluding diaryl/α,β-unsaturated/α-hetero) is 1. The molecular weight excluding hydrogens is 271 g/mol. The summed E-state index contributed by atoms with van der Waals surface area (Å²) < 4.78 is 13.8. The number of halogens is 1. The molecule has 108 valence electrons. The van der Waals surface area contributed by atoms with Crippen molar-refractivity contribution in [3.63, 3.8) is 0 Å². The molecule has 2 aromatic carbocycles. The molecule has 2 rings (SSSR count). The lowest BCUT2D eigenvalue weighted by atomic mass is 10.0. The van der Waals surface area contributed by atoms with Crippen LogP contribution in [-0.2, 0) is 6.42 Å². The predicted octanol–water partition coefficient (Wildman–Crippen LogP) is 2.19. The molecule has 1 amide bonds. The number of carbonyl (C=O) groups excluding carboxylic acids is 2. The minimum absolute atomic E-state index is 0.0887. The van der Waals surface area contributed by atoms with E-state index in [0.717, 1.165) is 6.07 Å². The van der Waals surface area contributed by atoms with Crippen LogP contribution in [0.5, 0.6) is 0 Å². The van der Waals surface area contributed by atoms with Crippen molar-refractivity contribution in [2.24, 2.45) is 0 Å². The van der Waals surface area contributed by atoms with Gasteiger partial charge in [-0.15, -0.1) is 0 Å². The van der Waals surface area contributed by atoms with E-state index in [9.17, 15) is 14.0 Å². The first-order valence-corrected chi connectivity index (χ1v) is 6.41. The van der Waals surface area contributed by atoms with E-state index in [-0.39, 0.29) is 23.3 Å². The first-order chi connectivity index (χ1) is 10.0. The zero-order valence-electron chi connectivity index (χ0n) is 11.5. The van der Waals surface area contributed by atoms with Gasteiger partial charge in [0, 0.05) is 24.7 Å². The second-order valence-corrected chi connectivity index (χ2v) is 4.57. The highest BCUT2D eigenvalue weighted by Gasteiger charge is 2.14. The molecule has 3 N–H and O–H groups in total. The number of hydrogen-bond donors (Lipinski definition) is 2. The van der Waals surface area contributed by atoms with Crippen molar-refractivity contribution in [1.82, 2.24) is 5.32 Å². The van der Waals surface area contributed by atoms with E-state index < -0.39 is 11.7 Å². The van der Waals surface area contributed by atoms with E-state index in [1.54, 1.807) is 24.3 Å². The monoisotopic (exact) mass is 286 g/mol. The van der Waals surface area contributed by atoms with Crippen molar-refractivity contribution >= 4 is 17.4 Å². The highest BCUT2D eigenvalue weighted by atomic mass is 19.1. The standard InChI is InChI=1S/C16H15FN2O2/c1-19-16(21)12-7-6-11(8-13(12)17)15(20)9-10-4-2-3-5-14(10)18/h2-8H,9,18H2,1H3,(H,19,21). The van der Waals surface area contributed by atoms with Crippen molar-refractivity contribution < 1.29 is 14.0 Å². The maximum atomic E-state index is 13.8. The summed E-state index contributed by atoms with van der Waals surface area (Å²) in [5.74, 6) is -1.50. The zero-order chi connectivity index (χ0) is 15.4. The van der Waals surface area contributed by atoms with Crippen molar-refractivity contribution in [2.45, 2.75) is 6.42 Å². The van der Waals surface area contributed by atoms with E-state index in [1.807, 2.05) is 0 Å². The zero-order valence-corrected chi connectivity index (χ0v) is 11.5. The molecule has 5 heteroatoms. The molecule has 0 fully saturated rings. The highest BCUT2D eigenvalue weighted by molar-refractivity contribution is 6.00. The van der Waals surface area contributed by atoms with Crippen molar-refractivity contribution in [1.29, 1.82) is 0 Å². The molecule has 0 aromatic heterocycles. The van der Waals surface area contributed by atoms with Gasteiger partial charge < -0.3 is 11.1 Å². The molecule has 0 atom stereocenters. The molecule has 0 heterocycles. The highest BCUT2D eigenvalue weighted by Crippen LogP contribution is 2.16. The maximum absolute atomic E-state index is 13.8. The largest absolute Gasteiger partial charge is 0.398 e. The first-order valence-electron chi connectivity index (χ1n) is 6.41. The molecule has 0 saturated heterocycles. The number of anilines is 1. The summed E-state index contributed by atoms with van der Waals surface area (Å²) in [6.07, 6.45) is 0.0887. The molecule has 0 unspecified atom stereocenters. The summed E-state index contributed by atoms with van der Waals surface area (Å²) in [5.41, 5.74) is 7.12. The first kappa shape index (κ1) is 14.7. The lowest BCUT2D eigenvalue weighted by Gasteiger charge is -2.07. The van der Waals surface area contributed by atoms with E-state index in [1.165, 1.54) is 19.2 Å². The average Bonchev–Trinajstić information content (AvgIpc) is 2.48. The topological polar surface area (TPSA) is 72.2 Å². The van der Waals surface area contributed by atoms with Crippen molar-refractivity contribution in [3.8, 4) is 0 Å². The SMILES string of the molecule is CNC(=O)c1ccc(C(=O)Cc2ccccc2N)cc1F. The van der Waals surface area contributed by atoms with Gasteiger partial charge in [-0.3, -0.25) is 9.59 Å². The number of nitrogens with one attached hydrogen (secondary N) is 1. The van der Waals surface area contributed by atoms with Crippen LogP contribution in [-0.4, -0.2) is 18.7 Å². The number of rotatable bonds is 4. The van der Waals surface area contributed by atoms with Crippen LogP contribution in [0, 0.1) is 5.82 Å². The van der Waals surface area contributed by atoms with Gasteiger partial charge in [0.25, 0.3) is 5.91 Å². The Kier molecular flexibility index (Phi) is 4.33. The Labute approximate surface area is 121 Å². The Morgan fingerprint density at radius 3 is 2.52 bits per heavy atom. The van der Waals surface area contributed by atoms with E-state index >= 15 is 0 Å². The summed E-state index contributed by atoms with van der Waals surface area (Å²) in [6.45, 7) is 0. The van der Waals surface area contributed by atoms with Gasteiger partial charge in [-0.1, -0.05) is 24.3 Å². The fourth-order valence-corrected chi connectivity index (χ4v) is 1.98. The maximum Gasteiger partial charge on any atom is 0.253 e. The lowest BCUT2D eigenvalue weighted by Crippen LogP contribution is -2.19. The molecular formula is C16H15FN2O2. The fourth-order valence-electron chi connectivity index (χ4n) is 1.98. The fraction of sp³-hybridized carbons (Fsp3) is 0.125. The Balaban J connectivity index is 2.23. The van der Waals surface area contributed by atoms with Gasteiger partial charge in [0.15, 0.2) is 5.78 Å². The number of nitrogen functional groups attached to an aromatic ring is 1. The molecule has 0 spiro atoms. The molecule has 0 aliphatic carbocycles. The predicted molar refractivity (Wildman–Crippen MR) is 78.7 cm³/mol. The van der Waals surface area contributed by atoms with Gasteiger partial charge in [0.05, 0.1) is 5.56 Å². The van der Waals surface area contributed by atoms with E-state index in [0.29, 0.717) is 11.3 Å². The Morgan fingerprint density at radius 1 is 1.19 bits per heavy atom. The number of hydrogen-bond acceptors (Lipinski definition) is 3. The number of ketones is 1. The van der Waals surface area contributed by atoms with Crippen LogP contribution in [0.25, 0.3) is 0 Å². The number of para-hydroxylation sites is 1. The molecule has 0 saturated carbocycles. The van der Waals surface area contributed by atoms with Gasteiger partial charge in [0.1, 0.15) is 5.82 Å². The summed E-state index contributed by atoms with van der Waals surface area (Å²) in [5, 5.41) is 2.34. The van der Waals surface area contributed by atoms with Crippen LogP contribution < -0.4 is 11.1 Å². The molecule has 2 aromatic rings. The van der Waals surface area contributed by atoms with Gasteiger partial charge >= 0.3 is 0 Å². The van der Waals surface area contributed by atoms with Crippen LogP contribution in [0.3, 0.4) is 0 Å². The number of amides is 1. The summed E-state index contributed by atoms with van der Waals surface area (Å²) in [7, 11) is 1.42. The van der Waals surface area contributed by atoms with Crippen LogP contribution >= 0.6 is 0 Å². The van der Waals surface area contributed by atoms with Crippen LogP contribution in [0.2, 0.25) is 0 Å². The lowest BCUT2D eigenvalue weighted by molar-refractivity contribution is 0.0954. The average molecular weight is 286 g/mol. The quantitative estimate of drug-likeness (QED) is 0.668. The Morgan fingerprint density at radius 2 is 1.90 bits per heavy atom. The van der Waals surface area contributed by atoms with Gasteiger partial charge in [-0.2, -0.15) is 0 Å².